The molecular formula is C25H23N5OS. The highest BCUT2D eigenvalue weighted by atomic mass is 32.2. The molecule has 0 spiro atoms. The van der Waals surface area contributed by atoms with E-state index >= 15 is 0 Å². The van der Waals surface area contributed by atoms with Crippen LogP contribution in [0.3, 0.4) is 0 Å². The molecule has 0 radical (unpaired) electrons. The van der Waals surface area contributed by atoms with E-state index in [1.807, 2.05) is 97.3 Å². The molecule has 160 valence electrons. The Labute approximate surface area is 191 Å². The van der Waals surface area contributed by atoms with E-state index in [2.05, 4.69) is 20.7 Å². The molecule has 6 nitrogen and oxygen atoms in total. The van der Waals surface area contributed by atoms with Crippen LogP contribution in [-0.4, -0.2) is 32.6 Å². The van der Waals surface area contributed by atoms with Gasteiger partial charge in [-0.25, -0.2) is 5.43 Å². The average Bonchev–Trinajstić information content (AvgIpc) is 3.24. The Bertz CT molecular complexity index is 1230. The van der Waals surface area contributed by atoms with Gasteiger partial charge in [-0.1, -0.05) is 84.1 Å². The van der Waals surface area contributed by atoms with Crippen molar-refractivity contribution in [1.82, 2.24) is 20.2 Å². The Hall–Kier alpha value is -3.71. The summed E-state index contributed by atoms with van der Waals surface area (Å²) in [6.07, 6.45) is 1.65. The van der Waals surface area contributed by atoms with Crippen molar-refractivity contribution < 1.29 is 4.79 Å². The van der Waals surface area contributed by atoms with Crippen molar-refractivity contribution in [1.29, 1.82) is 0 Å². The summed E-state index contributed by atoms with van der Waals surface area (Å²) in [6.45, 7) is 4.05. The van der Waals surface area contributed by atoms with E-state index in [1.54, 1.807) is 6.21 Å². The molecule has 0 bridgehead atoms. The summed E-state index contributed by atoms with van der Waals surface area (Å²) in [5.41, 5.74) is 7.72. The van der Waals surface area contributed by atoms with Crippen LogP contribution in [0.5, 0.6) is 0 Å². The summed E-state index contributed by atoms with van der Waals surface area (Å²) >= 11 is 1.32. The van der Waals surface area contributed by atoms with Gasteiger partial charge in [0, 0.05) is 11.3 Å². The van der Waals surface area contributed by atoms with Crippen LogP contribution in [0.4, 0.5) is 0 Å². The summed E-state index contributed by atoms with van der Waals surface area (Å²) in [4.78, 5) is 12.4. The van der Waals surface area contributed by atoms with Gasteiger partial charge in [0.1, 0.15) is 0 Å². The molecule has 7 heteroatoms. The number of rotatable bonds is 7. The number of aromatic nitrogens is 3. The molecule has 1 aromatic heterocycles. The van der Waals surface area contributed by atoms with Gasteiger partial charge in [0.2, 0.25) is 0 Å². The Morgan fingerprint density at radius 2 is 1.69 bits per heavy atom. The number of nitrogens with zero attached hydrogens (tertiary/aromatic N) is 4. The number of hydrogen-bond acceptors (Lipinski definition) is 5. The van der Waals surface area contributed by atoms with Crippen molar-refractivity contribution in [2.24, 2.45) is 5.10 Å². The van der Waals surface area contributed by atoms with Crippen molar-refractivity contribution in [3.8, 4) is 17.1 Å². The van der Waals surface area contributed by atoms with Crippen molar-refractivity contribution in [2.45, 2.75) is 19.0 Å². The molecule has 0 aliphatic rings. The Balaban J connectivity index is 1.51. The number of hydrogen-bond donors (Lipinski definition) is 1. The number of carbonyl (C=O) groups excluding carboxylic acids is 1. The summed E-state index contributed by atoms with van der Waals surface area (Å²) < 4.78 is 1.98. The molecule has 0 saturated carbocycles. The minimum Gasteiger partial charge on any atom is -0.272 e. The largest absolute Gasteiger partial charge is 0.272 e. The summed E-state index contributed by atoms with van der Waals surface area (Å²) in [5, 5.41) is 13.5. The van der Waals surface area contributed by atoms with E-state index in [1.165, 1.54) is 17.3 Å². The standard InChI is InChI=1S/C25H23N5OS/c1-18-12-14-22(15-13-18)30-24(20-9-4-3-5-10-20)28-29-25(30)32-17-23(31)27-26-16-21-11-7-6-8-19(21)2/h3-16H,17H2,1-2H3,(H,27,31)/b26-16+. The predicted octanol–water partition coefficient (Wildman–Crippen LogP) is 4.79. The second-order valence-corrected chi connectivity index (χ2v) is 8.22. The van der Waals surface area contributed by atoms with Crippen LogP contribution in [0.15, 0.2) is 89.1 Å². The van der Waals surface area contributed by atoms with E-state index in [4.69, 9.17) is 0 Å². The monoisotopic (exact) mass is 441 g/mol. The lowest BCUT2D eigenvalue weighted by Gasteiger charge is -2.10. The second-order valence-electron chi connectivity index (χ2n) is 7.28. The van der Waals surface area contributed by atoms with Gasteiger partial charge in [0.05, 0.1) is 12.0 Å². The lowest BCUT2D eigenvalue weighted by molar-refractivity contribution is -0.118. The van der Waals surface area contributed by atoms with Gasteiger partial charge in [-0.15, -0.1) is 10.2 Å². The lowest BCUT2D eigenvalue weighted by atomic mass is 10.1. The minimum atomic E-state index is -0.209. The maximum absolute atomic E-state index is 12.4. The molecule has 0 aliphatic heterocycles. The third kappa shape index (κ3) is 5.12. The highest BCUT2D eigenvalue weighted by Crippen LogP contribution is 2.28. The molecule has 0 saturated heterocycles. The number of nitrogens with one attached hydrogen (secondary N) is 1. The van der Waals surface area contributed by atoms with Gasteiger partial charge in [-0.2, -0.15) is 5.10 Å². The van der Waals surface area contributed by atoms with Gasteiger partial charge in [-0.3, -0.25) is 9.36 Å². The number of hydrazone groups is 1. The summed E-state index contributed by atoms with van der Waals surface area (Å²) in [7, 11) is 0. The zero-order valence-corrected chi connectivity index (χ0v) is 18.7. The van der Waals surface area contributed by atoms with Crippen LogP contribution >= 0.6 is 11.8 Å². The topological polar surface area (TPSA) is 72.2 Å². The molecule has 4 rings (SSSR count). The van der Waals surface area contributed by atoms with Gasteiger partial charge in [0.15, 0.2) is 11.0 Å². The maximum atomic E-state index is 12.4. The van der Waals surface area contributed by atoms with Crippen LogP contribution in [-0.2, 0) is 4.79 Å². The molecule has 32 heavy (non-hydrogen) atoms. The average molecular weight is 442 g/mol. The summed E-state index contributed by atoms with van der Waals surface area (Å²) in [5.74, 6) is 0.693. The van der Waals surface area contributed by atoms with Crippen LogP contribution < -0.4 is 5.43 Å². The van der Waals surface area contributed by atoms with E-state index < -0.39 is 0 Å². The first kappa shape index (κ1) is 21.5. The lowest BCUT2D eigenvalue weighted by Crippen LogP contribution is -2.20. The summed E-state index contributed by atoms with van der Waals surface area (Å²) in [6, 6.07) is 25.9. The Morgan fingerprint density at radius 1 is 0.969 bits per heavy atom. The van der Waals surface area contributed by atoms with Gasteiger partial charge < -0.3 is 0 Å². The normalized spacial score (nSPS) is 11.1. The maximum Gasteiger partial charge on any atom is 0.250 e. The fourth-order valence-electron chi connectivity index (χ4n) is 3.13. The number of aryl methyl sites for hydroxylation is 2. The highest BCUT2D eigenvalue weighted by molar-refractivity contribution is 7.99. The van der Waals surface area contributed by atoms with Crippen molar-refractivity contribution in [3.05, 3.63) is 95.6 Å². The molecule has 4 aromatic rings. The second kappa shape index (κ2) is 10.1. The fourth-order valence-corrected chi connectivity index (χ4v) is 3.88. The van der Waals surface area contributed by atoms with E-state index in [-0.39, 0.29) is 11.7 Å². The van der Waals surface area contributed by atoms with E-state index in [0.717, 1.165) is 28.2 Å². The van der Waals surface area contributed by atoms with Crippen molar-refractivity contribution >= 4 is 23.9 Å². The molecule has 1 amide bonds. The van der Waals surface area contributed by atoms with Crippen molar-refractivity contribution in [2.75, 3.05) is 5.75 Å². The van der Waals surface area contributed by atoms with Gasteiger partial charge in [0.25, 0.3) is 5.91 Å². The van der Waals surface area contributed by atoms with E-state index in [9.17, 15) is 4.79 Å². The Kier molecular flexibility index (Phi) is 6.77. The fraction of sp³-hybridized carbons (Fsp3) is 0.120. The Morgan fingerprint density at radius 3 is 2.44 bits per heavy atom. The first-order valence-electron chi connectivity index (χ1n) is 10.2. The third-order valence-electron chi connectivity index (χ3n) is 4.87. The van der Waals surface area contributed by atoms with E-state index in [0.29, 0.717) is 5.16 Å². The molecule has 0 unspecified atom stereocenters. The third-order valence-corrected chi connectivity index (χ3v) is 5.80. The zero-order valence-electron chi connectivity index (χ0n) is 17.9. The van der Waals surface area contributed by atoms with Crippen LogP contribution in [0.2, 0.25) is 0 Å². The molecule has 1 N–H and O–H groups in total. The molecule has 0 atom stereocenters. The van der Waals surface area contributed by atoms with Gasteiger partial charge >= 0.3 is 0 Å². The van der Waals surface area contributed by atoms with Crippen molar-refractivity contribution in [3.63, 3.8) is 0 Å². The predicted molar refractivity (Wildman–Crippen MR) is 129 cm³/mol. The molecule has 0 fully saturated rings. The van der Waals surface area contributed by atoms with Crippen LogP contribution in [0, 0.1) is 13.8 Å². The minimum absolute atomic E-state index is 0.171. The van der Waals surface area contributed by atoms with Crippen LogP contribution in [0.1, 0.15) is 16.7 Å². The molecule has 1 heterocycles. The first-order chi connectivity index (χ1) is 15.6. The molecule has 3 aromatic carbocycles. The molecule has 0 aliphatic carbocycles. The number of carbonyl (C=O) groups is 1. The smallest absolute Gasteiger partial charge is 0.250 e. The quantitative estimate of drug-likeness (QED) is 0.254. The molecular weight excluding hydrogens is 418 g/mol. The first-order valence-corrected chi connectivity index (χ1v) is 11.2. The van der Waals surface area contributed by atoms with Crippen LogP contribution in [0.25, 0.3) is 17.1 Å². The number of thioether (sulfide) groups is 1. The highest BCUT2D eigenvalue weighted by Gasteiger charge is 2.17. The number of benzene rings is 3. The van der Waals surface area contributed by atoms with Gasteiger partial charge in [-0.05, 0) is 37.1 Å². The SMILES string of the molecule is Cc1ccc(-n2c(SCC(=O)N/N=C/c3ccccc3C)nnc2-c2ccccc2)cc1. The number of amides is 1. The zero-order chi connectivity index (χ0) is 22.3.